The van der Waals surface area contributed by atoms with Crippen LogP contribution in [0.15, 0.2) is 28.8 Å². The third-order valence-corrected chi connectivity index (χ3v) is 4.38. The summed E-state index contributed by atoms with van der Waals surface area (Å²) in [6.07, 6.45) is 2.24. The van der Waals surface area contributed by atoms with Gasteiger partial charge in [-0.25, -0.2) is 0 Å². The molecule has 2 aromatic rings. The summed E-state index contributed by atoms with van der Waals surface area (Å²) in [4.78, 5) is 24.0. The molecular formula is C17H18ClN3O3. The highest BCUT2D eigenvalue weighted by Crippen LogP contribution is 2.30. The summed E-state index contributed by atoms with van der Waals surface area (Å²) < 4.78 is 5.20. The van der Waals surface area contributed by atoms with Crippen LogP contribution >= 0.6 is 11.6 Å². The molecule has 7 heteroatoms. The van der Waals surface area contributed by atoms with Crippen molar-refractivity contribution in [2.24, 2.45) is 0 Å². The van der Waals surface area contributed by atoms with E-state index in [1.54, 1.807) is 19.1 Å². The molecule has 0 bridgehead atoms. The number of amides is 2. The van der Waals surface area contributed by atoms with E-state index < -0.39 is 0 Å². The lowest BCUT2D eigenvalue weighted by Gasteiger charge is -2.23. The molecular weight excluding hydrogens is 330 g/mol. The molecule has 1 aromatic carbocycles. The van der Waals surface area contributed by atoms with E-state index in [9.17, 15) is 9.59 Å². The first-order chi connectivity index (χ1) is 11.6. The first-order valence-electron chi connectivity index (χ1n) is 7.85. The lowest BCUT2D eigenvalue weighted by atomic mass is 10.0. The first-order valence-corrected chi connectivity index (χ1v) is 8.23. The van der Waals surface area contributed by atoms with E-state index >= 15 is 0 Å². The summed E-state index contributed by atoms with van der Waals surface area (Å²) in [5.41, 5.74) is 1.43. The maximum Gasteiger partial charge on any atom is 0.257 e. The molecule has 2 N–H and O–H groups in total. The lowest BCUT2D eigenvalue weighted by Crippen LogP contribution is -2.46. The molecule has 2 heterocycles. The van der Waals surface area contributed by atoms with Gasteiger partial charge in [-0.2, -0.15) is 0 Å². The van der Waals surface area contributed by atoms with E-state index in [1.165, 1.54) is 0 Å². The Morgan fingerprint density at radius 2 is 2.25 bits per heavy atom. The van der Waals surface area contributed by atoms with Crippen LogP contribution in [-0.2, 0) is 4.79 Å². The molecule has 1 atom stereocenters. The molecule has 0 spiro atoms. The van der Waals surface area contributed by atoms with E-state index in [2.05, 4.69) is 15.8 Å². The highest BCUT2D eigenvalue weighted by molar-refractivity contribution is 6.33. The zero-order chi connectivity index (χ0) is 17.1. The topological polar surface area (TPSA) is 84.2 Å². The molecule has 1 aliphatic rings. The van der Waals surface area contributed by atoms with E-state index in [4.69, 9.17) is 16.1 Å². The summed E-state index contributed by atoms with van der Waals surface area (Å²) in [5.74, 6) is 0.164. The van der Waals surface area contributed by atoms with Gasteiger partial charge in [0.05, 0.1) is 5.02 Å². The maximum absolute atomic E-state index is 12.6. The third-order valence-electron chi connectivity index (χ3n) is 4.05. The second-order valence-corrected chi connectivity index (χ2v) is 6.22. The van der Waals surface area contributed by atoms with E-state index in [0.717, 1.165) is 12.8 Å². The third kappa shape index (κ3) is 3.43. The van der Waals surface area contributed by atoms with E-state index in [1.807, 2.05) is 12.1 Å². The van der Waals surface area contributed by atoms with Crippen molar-refractivity contribution in [1.82, 2.24) is 15.8 Å². The van der Waals surface area contributed by atoms with Crippen LogP contribution in [-0.4, -0.2) is 29.6 Å². The second kappa shape index (κ2) is 7.05. The van der Waals surface area contributed by atoms with Gasteiger partial charge < -0.3 is 15.2 Å². The number of nitrogens with zero attached hydrogens (tertiary/aromatic N) is 1. The van der Waals surface area contributed by atoms with Crippen LogP contribution in [0, 0.1) is 6.92 Å². The number of carbonyl (C=O) groups is 2. The average Bonchev–Trinajstić information content (AvgIpc) is 2.95. The lowest BCUT2D eigenvalue weighted by molar-refractivity contribution is -0.123. The standard InChI is InChI=1S/C17H18ClN3O3/c1-10-15(16(21-24-10)12-6-2-3-7-13(12)18)17(23)19-9-11-5-4-8-14(22)20-11/h2-3,6-7,11H,4-5,8-9H2,1H3,(H,19,23)(H,20,22)/t11-/m1/s1. The molecule has 1 aromatic heterocycles. The molecule has 6 nitrogen and oxygen atoms in total. The predicted octanol–water partition coefficient (Wildman–Crippen LogP) is 2.70. The summed E-state index contributed by atoms with van der Waals surface area (Å²) in [7, 11) is 0. The van der Waals surface area contributed by atoms with Crippen molar-refractivity contribution in [2.45, 2.75) is 32.2 Å². The fourth-order valence-corrected chi connectivity index (χ4v) is 3.04. The van der Waals surface area contributed by atoms with Crippen molar-refractivity contribution in [2.75, 3.05) is 6.54 Å². The van der Waals surface area contributed by atoms with Crippen LogP contribution in [0.3, 0.4) is 0 Å². The number of carbonyl (C=O) groups excluding carboxylic acids is 2. The van der Waals surface area contributed by atoms with Gasteiger partial charge in [-0.1, -0.05) is 35.0 Å². The monoisotopic (exact) mass is 347 g/mol. The molecule has 126 valence electrons. The first kappa shape index (κ1) is 16.5. The summed E-state index contributed by atoms with van der Waals surface area (Å²) in [6.45, 7) is 2.06. The molecule has 3 rings (SSSR count). The Kier molecular flexibility index (Phi) is 4.85. The Bertz CT molecular complexity index is 772. The predicted molar refractivity (Wildman–Crippen MR) is 89.8 cm³/mol. The Balaban J connectivity index is 1.77. The van der Waals surface area contributed by atoms with Crippen LogP contribution in [0.5, 0.6) is 0 Å². The van der Waals surface area contributed by atoms with Gasteiger partial charge in [-0.15, -0.1) is 0 Å². The van der Waals surface area contributed by atoms with Crippen LogP contribution in [0.25, 0.3) is 11.3 Å². The van der Waals surface area contributed by atoms with Crippen LogP contribution in [0.2, 0.25) is 5.02 Å². The molecule has 0 radical (unpaired) electrons. The van der Waals surface area contributed by atoms with Gasteiger partial charge in [0.25, 0.3) is 5.91 Å². The van der Waals surface area contributed by atoms with E-state index in [-0.39, 0.29) is 17.9 Å². The number of hydrogen-bond donors (Lipinski definition) is 2. The van der Waals surface area contributed by atoms with Gasteiger partial charge in [-0.05, 0) is 25.8 Å². The number of nitrogens with one attached hydrogen (secondary N) is 2. The molecule has 1 fully saturated rings. The van der Waals surface area contributed by atoms with Crippen LogP contribution in [0.4, 0.5) is 0 Å². The van der Waals surface area contributed by atoms with Gasteiger partial charge in [0.1, 0.15) is 17.0 Å². The molecule has 2 amide bonds. The fourth-order valence-electron chi connectivity index (χ4n) is 2.82. The normalized spacial score (nSPS) is 17.4. The Morgan fingerprint density at radius 1 is 1.46 bits per heavy atom. The zero-order valence-electron chi connectivity index (χ0n) is 13.3. The number of piperidine rings is 1. The van der Waals surface area contributed by atoms with Crippen LogP contribution in [0.1, 0.15) is 35.4 Å². The smallest absolute Gasteiger partial charge is 0.257 e. The molecule has 0 aliphatic carbocycles. The summed E-state index contributed by atoms with van der Waals surface area (Å²) in [6, 6.07) is 7.12. The van der Waals surface area contributed by atoms with Gasteiger partial charge in [0, 0.05) is 24.6 Å². The van der Waals surface area contributed by atoms with Crippen molar-refractivity contribution in [3.63, 3.8) is 0 Å². The quantitative estimate of drug-likeness (QED) is 0.890. The van der Waals surface area contributed by atoms with Crippen LogP contribution < -0.4 is 10.6 Å². The Hall–Kier alpha value is -2.34. The molecule has 0 unspecified atom stereocenters. The zero-order valence-corrected chi connectivity index (χ0v) is 14.0. The van der Waals surface area contributed by atoms with Gasteiger partial charge in [0.2, 0.25) is 5.91 Å². The summed E-state index contributed by atoms with van der Waals surface area (Å²) >= 11 is 6.20. The van der Waals surface area contributed by atoms with E-state index in [0.29, 0.717) is 40.6 Å². The van der Waals surface area contributed by atoms with Crippen molar-refractivity contribution < 1.29 is 14.1 Å². The number of hydrogen-bond acceptors (Lipinski definition) is 4. The molecule has 1 saturated heterocycles. The maximum atomic E-state index is 12.6. The average molecular weight is 348 g/mol. The van der Waals surface area contributed by atoms with Crippen molar-refractivity contribution >= 4 is 23.4 Å². The minimum Gasteiger partial charge on any atom is -0.360 e. The van der Waals surface area contributed by atoms with Gasteiger partial charge in [0.15, 0.2) is 0 Å². The van der Waals surface area contributed by atoms with Crippen molar-refractivity contribution in [3.8, 4) is 11.3 Å². The molecule has 0 saturated carbocycles. The highest BCUT2D eigenvalue weighted by atomic mass is 35.5. The number of halogens is 1. The second-order valence-electron chi connectivity index (χ2n) is 5.81. The minimum atomic E-state index is -0.288. The largest absolute Gasteiger partial charge is 0.360 e. The molecule has 1 aliphatic heterocycles. The minimum absolute atomic E-state index is 0.0263. The molecule has 24 heavy (non-hydrogen) atoms. The summed E-state index contributed by atoms with van der Waals surface area (Å²) in [5, 5.41) is 10.2. The van der Waals surface area contributed by atoms with Gasteiger partial charge in [-0.3, -0.25) is 9.59 Å². The van der Waals surface area contributed by atoms with Crippen molar-refractivity contribution in [3.05, 3.63) is 40.6 Å². The highest BCUT2D eigenvalue weighted by Gasteiger charge is 2.24. The SMILES string of the molecule is Cc1onc(-c2ccccc2Cl)c1C(=O)NC[C@H]1CCCC(=O)N1. The van der Waals surface area contributed by atoms with Crippen molar-refractivity contribution in [1.29, 1.82) is 0 Å². The number of aryl methyl sites for hydroxylation is 1. The Labute approximate surface area is 144 Å². The Morgan fingerprint density at radius 3 is 3.00 bits per heavy atom. The number of aromatic nitrogens is 1. The van der Waals surface area contributed by atoms with Gasteiger partial charge >= 0.3 is 0 Å². The number of benzene rings is 1. The number of rotatable bonds is 4. The fraction of sp³-hybridized carbons (Fsp3) is 0.353.